The molecule has 102 valence electrons. The zero-order valence-electron chi connectivity index (χ0n) is 10.4. The smallest absolute Gasteiger partial charge is 0.209 e. The second kappa shape index (κ2) is 6.70. The van der Waals surface area contributed by atoms with Gasteiger partial charge in [0.1, 0.15) is 11.6 Å². The van der Waals surface area contributed by atoms with Crippen molar-refractivity contribution in [2.75, 3.05) is 12.4 Å². The SMILES string of the molecule is Cc1ccc(OCCCCCS(N)(=O)=O)cc1F. The summed E-state index contributed by atoms with van der Waals surface area (Å²) in [6.07, 6.45) is 1.94. The summed E-state index contributed by atoms with van der Waals surface area (Å²) in [6, 6.07) is 4.72. The summed E-state index contributed by atoms with van der Waals surface area (Å²) in [5, 5.41) is 4.87. The van der Waals surface area contributed by atoms with Crippen LogP contribution < -0.4 is 9.88 Å². The van der Waals surface area contributed by atoms with Gasteiger partial charge in [-0.25, -0.2) is 17.9 Å². The van der Waals surface area contributed by atoms with E-state index in [0.717, 1.165) is 0 Å². The van der Waals surface area contributed by atoms with Gasteiger partial charge >= 0.3 is 0 Å². The maximum atomic E-state index is 13.2. The minimum absolute atomic E-state index is 0.00778. The molecule has 0 radical (unpaired) electrons. The van der Waals surface area contributed by atoms with E-state index in [1.807, 2.05) is 0 Å². The van der Waals surface area contributed by atoms with Crippen molar-refractivity contribution in [1.29, 1.82) is 0 Å². The topological polar surface area (TPSA) is 69.4 Å². The number of rotatable bonds is 7. The lowest BCUT2D eigenvalue weighted by atomic mass is 10.2. The van der Waals surface area contributed by atoms with Crippen molar-refractivity contribution < 1.29 is 17.5 Å². The van der Waals surface area contributed by atoms with Crippen molar-refractivity contribution in [2.24, 2.45) is 5.14 Å². The monoisotopic (exact) mass is 275 g/mol. The first-order chi connectivity index (χ1) is 8.38. The molecular weight excluding hydrogens is 257 g/mol. The van der Waals surface area contributed by atoms with E-state index in [4.69, 9.17) is 9.88 Å². The summed E-state index contributed by atoms with van der Waals surface area (Å²) < 4.78 is 39.9. The maximum Gasteiger partial charge on any atom is 0.209 e. The number of unbranched alkanes of at least 4 members (excludes halogenated alkanes) is 2. The van der Waals surface area contributed by atoms with Crippen molar-refractivity contribution in [3.8, 4) is 5.75 Å². The fraction of sp³-hybridized carbons (Fsp3) is 0.500. The summed E-state index contributed by atoms with van der Waals surface area (Å²) in [4.78, 5) is 0. The van der Waals surface area contributed by atoms with Gasteiger partial charge in [-0.3, -0.25) is 0 Å². The zero-order valence-corrected chi connectivity index (χ0v) is 11.2. The summed E-state index contributed by atoms with van der Waals surface area (Å²) >= 11 is 0. The highest BCUT2D eigenvalue weighted by molar-refractivity contribution is 7.89. The molecular formula is C12H18FNO3S. The van der Waals surface area contributed by atoms with Gasteiger partial charge in [0.25, 0.3) is 0 Å². The Morgan fingerprint density at radius 1 is 1.28 bits per heavy atom. The number of hydrogen-bond acceptors (Lipinski definition) is 3. The molecule has 0 fully saturated rings. The Balaban J connectivity index is 2.20. The van der Waals surface area contributed by atoms with Crippen LogP contribution >= 0.6 is 0 Å². The quantitative estimate of drug-likeness (QED) is 0.773. The van der Waals surface area contributed by atoms with Gasteiger partial charge in [0.2, 0.25) is 10.0 Å². The lowest BCUT2D eigenvalue weighted by Gasteiger charge is -2.06. The standard InChI is InChI=1S/C12H18FNO3S/c1-10-5-6-11(9-12(10)13)17-7-3-2-4-8-18(14,15)16/h5-6,9H,2-4,7-8H2,1H3,(H2,14,15,16). The molecule has 18 heavy (non-hydrogen) atoms. The first-order valence-corrected chi connectivity index (χ1v) is 7.49. The number of primary sulfonamides is 1. The number of nitrogens with two attached hydrogens (primary N) is 1. The average Bonchev–Trinajstić information content (AvgIpc) is 2.26. The Morgan fingerprint density at radius 3 is 2.61 bits per heavy atom. The molecule has 0 bridgehead atoms. The van der Waals surface area contributed by atoms with Gasteiger partial charge in [-0.15, -0.1) is 0 Å². The lowest BCUT2D eigenvalue weighted by Crippen LogP contribution is -2.16. The van der Waals surface area contributed by atoms with Gasteiger partial charge in [0, 0.05) is 6.07 Å². The Kier molecular flexibility index (Phi) is 5.55. The van der Waals surface area contributed by atoms with Crippen molar-refractivity contribution in [3.63, 3.8) is 0 Å². The molecule has 4 nitrogen and oxygen atoms in total. The molecule has 0 spiro atoms. The van der Waals surface area contributed by atoms with Crippen LogP contribution in [0.4, 0.5) is 4.39 Å². The molecule has 0 aliphatic rings. The molecule has 1 aromatic carbocycles. The molecule has 6 heteroatoms. The first-order valence-electron chi connectivity index (χ1n) is 5.78. The van der Waals surface area contributed by atoms with E-state index in [1.54, 1.807) is 19.1 Å². The van der Waals surface area contributed by atoms with E-state index in [1.165, 1.54) is 6.07 Å². The molecule has 1 rings (SSSR count). The highest BCUT2D eigenvalue weighted by Crippen LogP contribution is 2.16. The third kappa shape index (κ3) is 5.97. The van der Waals surface area contributed by atoms with Gasteiger partial charge in [-0.1, -0.05) is 6.07 Å². The summed E-state index contributed by atoms with van der Waals surface area (Å²) in [7, 11) is -3.36. The summed E-state index contributed by atoms with van der Waals surface area (Å²) in [5.74, 6) is 0.192. The Bertz CT molecular complexity index is 488. The van der Waals surface area contributed by atoms with Crippen LogP contribution in [0.5, 0.6) is 5.75 Å². The van der Waals surface area contributed by atoms with Crippen molar-refractivity contribution in [3.05, 3.63) is 29.6 Å². The lowest BCUT2D eigenvalue weighted by molar-refractivity contribution is 0.304. The van der Waals surface area contributed by atoms with E-state index in [2.05, 4.69) is 0 Å². The normalized spacial score (nSPS) is 11.5. The van der Waals surface area contributed by atoms with Crippen LogP contribution in [0.2, 0.25) is 0 Å². The molecule has 0 aromatic heterocycles. The average molecular weight is 275 g/mol. The second-order valence-electron chi connectivity index (χ2n) is 4.19. The van der Waals surface area contributed by atoms with Gasteiger partial charge in [-0.05, 0) is 37.8 Å². The van der Waals surface area contributed by atoms with E-state index in [-0.39, 0.29) is 11.6 Å². The Morgan fingerprint density at radius 2 is 2.00 bits per heavy atom. The number of aryl methyl sites for hydroxylation is 1. The van der Waals surface area contributed by atoms with E-state index in [0.29, 0.717) is 37.2 Å². The molecule has 0 saturated carbocycles. The number of hydrogen-bond donors (Lipinski definition) is 1. The summed E-state index contributed by atoms with van der Waals surface area (Å²) in [5.41, 5.74) is 0.579. The molecule has 2 N–H and O–H groups in total. The van der Waals surface area contributed by atoms with Crippen LogP contribution in [0.25, 0.3) is 0 Å². The number of ether oxygens (including phenoxy) is 1. The minimum Gasteiger partial charge on any atom is -0.493 e. The second-order valence-corrected chi connectivity index (χ2v) is 5.92. The fourth-order valence-electron chi connectivity index (χ4n) is 1.44. The Hall–Kier alpha value is -1.14. The summed E-state index contributed by atoms with van der Waals surface area (Å²) in [6.45, 7) is 2.12. The zero-order chi connectivity index (χ0) is 13.6. The first kappa shape index (κ1) is 14.9. The van der Waals surface area contributed by atoms with Crippen LogP contribution in [-0.2, 0) is 10.0 Å². The van der Waals surface area contributed by atoms with Crippen molar-refractivity contribution in [1.82, 2.24) is 0 Å². The fourth-order valence-corrected chi connectivity index (χ4v) is 2.04. The van der Waals surface area contributed by atoms with Gasteiger partial charge in [0.15, 0.2) is 0 Å². The molecule has 0 aliphatic carbocycles. The highest BCUT2D eigenvalue weighted by Gasteiger charge is 2.02. The third-order valence-corrected chi connectivity index (χ3v) is 3.34. The van der Waals surface area contributed by atoms with Crippen molar-refractivity contribution >= 4 is 10.0 Å². The third-order valence-electron chi connectivity index (χ3n) is 2.49. The molecule has 0 amide bonds. The van der Waals surface area contributed by atoms with Gasteiger partial charge in [0.05, 0.1) is 12.4 Å². The number of benzene rings is 1. The van der Waals surface area contributed by atoms with Gasteiger partial charge in [-0.2, -0.15) is 0 Å². The molecule has 0 saturated heterocycles. The van der Waals surface area contributed by atoms with Crippen LogP contribution in [0, 0.1) is 12.7 Å². The molecule has 1 aromatic rings. The van der Waals surface area contributed by atoms with E-state index in [9.17, 15) is 12.8 Å². The highest BCUT2D eigenvalue weighted by atomic mass is 32.2. The molecule has 0 heterocycles. The van der Waals surface area contributed by atoms with Crippen molar-refractivity contribution in [2.45, 2.75) is 26.2 Å². The van der Waals surface area contributed by atoms with E-state index < -0.39 is 10.0 Å². The Labute approximate surface area is 107 Å². The van der Waals surface area contributed by atoms with E-state index >= 15 is 0 Å². The number of halogens is 1. The predicted octanol–water partition coefficient (Wildman–Crippen LogP) is 1.97. The van der Waals surface area contributed by atoms with Crippen LogP contribution in [-0.4, -0.2) is 20.8 Å². The molecule has 0 unspecified atom stereocenters. The van der Waals surface area contributed by atoms with Crippen LogP contribution in [0.3, 0.4) is 0 Å². The maximum absolute atomic E-state index is 13.2. The molecule has 0 atom stereocenters. The van der Waals surface area contributed by atoms with Gasteiger partial charge < -0.3 is 4.74 Å². The predicted molar refractivity (Wildman–Crippen MR) is 68.5 cm³/mol. The number of sulfonamides is 1. The van der Waals surface area contributed by atoms with Crippen LogP contribution in [0.15, 0.2) is 18.2 Å². The van der Waals surface area contributed by atoms with Crippen LogP contribution in [0.1, 0.15) is 24.8 Å². The molecule has 0 aliphatic heterocycles. The minimum atomic E-state index is -3.36. The largest absolute Gasteiger partial charge is 0.493 e.